The normalized spacial score (nSPS) is 20.0. The van der Waals surface area contributed by atoms with E-state index in [0.717, 1.165) is 57.9 Å². The first kappa shape index (κ1) is 32.9. The monoisotopic (exact) mass is 652 g/mol. The lowest BCUT2D eigenvalue weighted by Gasteiger charge is -2.32. The highest BCUT2D eigenvalue weighted by Crippen LogP contribution is 2.49. The molecule has 0 spiro atoms. The van der Waals surface area contributed by atoms with E-state index in [4.69, 9.17) is 24.2 Å². The summed E-state index contributed by atoms with van der Waals surface area (Å²) in [5, 5.41) is 12.0. The third-order valence-electron chi connectivity index (χ3n) is 9.84. The number of methoxy groups -OCH3 is 1. The third-order valence-corrected chi connectivity index (χ3v) is 9.84. The molecule has 0 aliphatic carbocycles. The summed E-state index contributed by atoms with van der Waals surface area (Å²) in [7, 11) is 1.10. The van der Waals surface area contributed by atoms with Crippen LogP contribution in [0.1, 0.15) is 103 Å². The highest BCUT2D eigenvalue weighted by atomic mass is 16.7. The number of aryl methyl sites for hydroxylation is 3. The summed E-state index contributed by atoms with van der Waals surface area (Å²) in [5.74, 6) is -6.10. The minimum absolute atomic E-state index is 0.0630. The Balaban J connectivity index is 1.82. The summed E-state index contributed by atoms with van der Waals surface area (Å²) in [4.78, 5) is 56.5. The first-order valence-electron chi connectivity index (χ1n) is 16.2. The fraction of sp³-hybridized carbons (Fsp3) is 0.378. The highest BCUT2D eigenvalue weighted by Gasteiger charge is 2.55. The molecule has 250 valence electrons. The van der Waals surface area contributed by atoms with Gasteiger partial charge in [-0.1, -0.05) is 26.5 Å². The quantitative estimate of drug-likeness (QED) is 0.201. The van der Waals surface area contributed by atoms with Gasteiger partial charge in [-0.3, -0.25) is 9.78 Å². The predicted molar refractivity (Wildman–Crippen MR) is 181 cm³/mol. The standard InChI is InChI=1S/C37H40N4O7/c1-9-21-17(4)24-14-26-19(6)23(12-13-30(42)47-11-3)33(40-26)32-34-31(35(43)48-37(32,45)36(44)46-8)20(7)27(41-34)16-29-22(10-2)18(5)25(39-29)15-28(21)38-24/h9,14-16,19,23,38-39,45H,1,10-13H2,2-8H3/t19?,23-,37?/m0/s1. The number of allylic oxidation sites excluding steroid dienone is 1. The lowest BCUT2D eigenvalue weighted by molar-refractivity contribution is -0.228. The average Bonchev–Trinajstić information content (AvgIpc) is 3.72. The van der Waals surface area contributed by atoms with Crippen LogP contribution in [0.5, 0.6) is 0 Å². The summed E-state index contributed by atoms with van der Waals surface area (Å²) in [6, 6.07) is 5.86. The number of ether oxygens (including phenoxy) is 3. The average molecular weight is 653 g/mol. The van der Waals surface area contributed by atoms with Crippen molar-refractivity contribution in [1.29, 1.82) is 0 Å². The molecule has 3 aliphatic heterocycles. The van der Waals surface area contributed by atoms with Crippen LogP contribution in [0.2, 0.25) is 0 Å². The second kappa shape index (κ2) is 12.2. The molecule has 0 saturated heterocycles. The van der Waals surface area contributed by atoms with E-state index in [9.17, 15) is 19.5 Å². The Morgan fingerprint density at radius 3 is 2.44 bits per heavy atom. The van der Waals surface area contributed by atoms with Crippen LogP contribution >= 0.6 is 0 Å². The highest BCUT2D eigenvalue weighted by molar-refractivity contribution is 6.27. The van der Waals surface area contributed by atoms with Gasteiger partial charge in [0.2, 0.25) is 0 Å². The molecular weight excluding hydrogens is 612 g/mol. The van der Waals surface area contributed by atoms with Gasteiger partial charge in [0.15, 0.2) is 0 Å². The number of fused-ring (bicyclic) bond motifs is 8. The molecule has 11 nitrogen and oxygen atoms in total. The van der Waals surface area contributed by atoms with E-state index in [1.165, 1.54) is 0 Å². The van der Waals surface area contributed by atoms with Crippen LogP contribution < -0.4 is 0 Å². The van der Waals surface area contributed by atoms with Crippen molar-refractivity contribution in [2.45, 2.75) is 78.4 Å². The SMILES string of the molecule is C=Cc1c(C)c2cc3nc(c4c5nc(cc6[nH]c(cc1[nH]2)c(C)c6CC)C(C)=C5C(=O)OC4(O)C(=O)OC)[C@@H](CCC(=O)OCC)C3C. The second-order valence-corrected chi connectivity index (χ2v) is 12.4. The van der Waals surface area contributed by atoms with Gasteiger partial charge in [-0.25, -0.2) is 14.6 Å². The Kier molecular flexibility index (Phi) is 8.36. The maximum absolute atomic E-state index is 13.6. The number of carbonyl (C=O) groups is 3. The molecule has 3 aromatic rings. The first-order chi connectivity index (χ1) is 22.9. The second-order valence-electron chi connectivity index (χ2n) is 12.4. The van der Waals surface area contributed by atoms with E-state index in [2.05, 4.69) is 36.5 Å². The number of rotatable bonds is 7. The number of esters is 3. The van der Waals surface area contributed by atoms with Crippen LogP contribution in [0.15, 0.2) is 24.8 Å². The van der Waals surface area contributed by atoms with Gasteiger partial charge in [0, 0.05) is 51.6 Å². The van der Waals surface area contributed by atoms with E-state index < -0.39 is 23.6 Å². The Labute approximate surface area is 278 Å². The molecule has 11 heteroatoms. The van der Waals surface area contributed by atoms with Crippen molar-refractivity contribution in [1.82, 2.24) is 19.9 Å². The van der Waals surface area contributed by atoms with Crippen LogP contribution in [-0.4, -0.2) is 56.7 Å². The van der Waals surface area contributed by atoms with Gasteiger partial charge in [-0.05, 0) is 81.0 Å². The largest absolute Gasteiger partial charge is 0.466 e. The first-order valence-corrected chi connectivity index (χ1v) is 16.2. The summed E-state index contributed by atoms with van der Waals surface area (Å²) in [6.07, 6.45) is 2.89. The van der Waals surface area contributed by atoms with Crippen molar-refractivity contribution < 1.29 is 33.7 Å². The van der Waals surface area contributed by atoms with Gasteiger partial charge in [-0.2, -0.15) is 0 Å². The molecule has 6 heterocycles. The fourth-order valence-corrected chi connectivity index (χ4v) is 7.18. The Morgan fingerprint density at radius 2 is 1.77 bits per heavy atom. The molecule has 0 aromatic carbocycles. The van der Waals surface area contributed by atoms with Gasteiger partial charge in [0.1, 0.15) is 0 Å². The molecule has 0 amide bonds. The minimum atomic E-state index is -2.84. The maximum atomic E-state index is 13.6. The third kappa shape index (κ3) is 5.04. The number of aromatic amines is 2. The molecule has 2 unspecified atom stereocenters. The van der Waals surface area contributed by atoms with E-state index in [1.807, 2.05) is 32.1 Å². The number of hydrogen-bond donors (Lipinski definition) is 3. The van der Waals surface area contributed by atoms with E-state index >= 15 is 0 Å². The van der Waals surface area contributed by atoms with Crippen molar-refractivity contribution in [2.24, 2.45) is 0 Å². The molecule has 0 saturated carbocycles. The van der Waals surface area contributed by atoms with Gasteiger partial charge in [-0.15, -0.1) is 0 Å². The number of H-pyrrole nitrogens is 2. The number of nitrogens with zero attached hydrogens (tertiary/aromatic N) is 2. The molecule has 0 radical (unpaired) electrons. The van der Waals surface area contributed by atoms with Crippen LogP contribution in [0.4, 0.5) is 0 Å². The van der Waals surface area contributed by atoms with Crippen molar-refractivity contribution in [2.75, 3.05) is 13.7 Å². The smallest absolute Gasteiger partial charge is 0.384 e. The molecule has 8 bridgehead atoms. The fourth-order valence-electron chi connectivity index (χ4n) is 7.18. The number of carbonyl (C=O) groups excluding carboxylic acids is 3. The predicted octanol–water partition coefficient (Wildman–Crippen LogP) is 6.17. The van der Waals surface area contributed by atoms with Crippen LogP contribution in [0.25, 0.3) is 39.3 Å². The maximum Gasteiger partial charge on any atom is 0.384 e. The molecule has 0 fully saturated rings. The van der Waals surface area contributed by atoms with Gasteiger partial charge < -0.3 is 29.3 Å². The van der Waals surface area contributed by atoms with Gasteiger partial charge >= 0.3 is 23.7 Å². The number of cyclic esters (lactones) is 1. The van der Waals surface area contributed by atoms with Gasteiger partial charge in [0.25, 0.3) is 0 Å². The van der Waals surface area contributed by atoms with Crippen molar-refractivity contribution >= 4 is 57.2 Å². The lowest BCUT2D eigenvalue weighted by atomic mass is 9.82. The summed E-state index contributed by atoms with van der Waals surface area (Å²) >= 11 is 0. The minimum Gasteiger partial charge on any atom is -0.466 e. The van der Waals surface area contributed by atoms with E-state index in [-0.39, 0.29) is 53.9 Å². The molecular formula is C37H40N4O7. The van der Waals surface area contributed by atoms with Crippen molar-refractivity contribution in [3.05, 3.63) is 75.4 Å². The number of hydrogen-bond acceptors (Lipinski definition) is 9. The number of aliphatic hydroxyl groups is 1. The van der Waals surface area contributed by atoms with E-state index in [0.29, 0.717) is 17.0 Å². The molecule has 3 aliphatic rings. The van der Waals surface area contributed by atoms with E-state index in [1.54, 1.807) is 13.8 Å². The van der Waals surface area contributed by atoms with Crippen LogP contribution in [0.3, 0.4) is 0 Å². The number of aromatic nitrogens is 4. The molecule has 3 N–H and O–H groups in total. The summed E-state index contributed by atoms with van der Waals surface area (Å²) < 4.78 is 15.8. The Bertz CT molecular complexity index is 2100. The molecule has 6 rings (SSSR count). The topological polar surface area (TPSA) is 156 Å². The Hall–Kier alpha value is -5.03. The van der Waals surface area contributed by atoms with Gasteiger partial charge in [0.05, 0.1) is 41.9 Å². The van der Waals surface area contributed by atoms with Crippen molar-refractivity contribution in [3.8, 4) is 0 Å². The van der Waals surface area contributed by atoms with Crippen LogP contribution in [-0.2, 0) is 40.8 Å². The zero-order valence-corrected chi connectivity index (χ0v) is 28.3. The summed E-state index contributed by atoms with van der Waals surface area (Å²) in [6.45, 7) is 15.9. The lowest BCUT2D eigenvalue weighted by Crippen LogP contribution is -2.46. The zero-order chi connectivity index (χ0) is 34.7. The summed E-state index contributed by atoms with van der Waals surface area (Å²) in [5.41, 5.74) is 9.47. The molecule has 3 aromatic heterocycles. The molecule has 3 atom stereocenters. The van der Waals surface area contributed by atoms with Crippen molar-refractivity contribution in [3.63, 3.8) is 0 Å². The zero-order valence-electron chi connectivity index (χ0n) is 28.3. The molecule has 48 heavy (non-hydrogen) atoms. The number of nitrogens with one attached hydrogen (secondary N) is 2. The Morgan fingerprint density at radius 1 is 1.06 bits per heavy atom. The van der Waals surface area contributed by atoms with Crippen LogP contribution in [0, 0.1) is 13.8 Å².